The third kappa shape index (κ3) is 3.37. The first-order chi connectivity index (χ1) is 13.4. The molecule has 0 unspecified atom stereocenters. The quantitative estimate of drug-likeness (QED) is 0.455. The van der Waals surface area contributed by atoms with E-state index in [-0.39, 0.29) is 0 Å². The molecule has 5 heteroatoms. The molecule has 4 aromatic rings. The van der Waals surface area contributed by atoms with Gasteiger partial charge in [-0.3, -0.25) is 0 Å². The Balaban J connectivity index is 1.89. The van der Waals surface area contributed by atoms with E-state index < -0.39 is 0 Å². The molecule has 2 aromatic carbocycles. The number of aromatic nitrogens is 3. The molecule has 0 saturated carbocycles. The second-order valence-corrected chi connectivity index (χ2v) is 8.17. The molecule has 0 saturated heterocycles. The number of nitrogens with zero attached hydrogens (tertiary/aromatic N) is 3. The van der Waals surface area contributed by atoms with Crippen molar-refractivity contribution in [3.8, 4) is 11.5 Å². The van der Waals surface area contributed by atoms with Gasteiger partial charge < -0.3 is 14.0 Å². The van der Waals surface area contributed by atoms with Gasteiger partial charge in [-0.2, -0.15) is 0 Å². The minimum atomic E-state index is 0.431. The molecular weight excluding hydrogens is 350 g/mol. The molecule has 0 amide bonds. The molecule has 2 aromatic heterocycles. The van der Waals surface area contributed by atoms with E-state index >= 15 is 0 Å². The van der Waals surface area contributed by atoms with E-state index in [0.29, 0.717) is 25.0 Å². The molecule has 146 valence electrons. The largest absolute Gasteiger partial charge is 0.489 e. The van der Waals surface area contributed by atoms with Crippen LogP contribution in [0.15, 0.2) is 36.4 Å². The number of aryl methyl sites for hydroxylation is 1. The van der Waals surface area contributed by atoms with Crippen LogP contribution in [0.25, 0.3) is 33.1 Å². The first-order valence-corrected chi connectivity index (χ1v) is 9.88. The summed E-state index contributed by atoms with van der Waals surface area (Å²) in [6.45, 7) is 9.80. The molecule has 4 rings (SSSR count). The summed E-state index contributed by atoms with van der Waals surface area (Å²) < 4.78 is 14.2. The molecule has 28 heavy (non-hydrogen) atoms. The number of rotatable bonds is 6. The Labute approximate surface area is 165 Å². The fourth-order valence-electron chi connectivity index (χ4n) is 3.29. The Hall–Kier alpha value is -2.82. The zero-order valence-electron chi connectivity index (χ0n) is 17.2. The minimum Gasteiger partial charge on any atom is -0.489 e. The third-order valence-electron chi connectivity index (χ3n) is 4.69. The summed E-state index contributed by atoms with van der Waals surface area (Å²) in [5.41, 5.74) is 4.55. The van der Waals surface area contributed by atoms with Crippen molar-refractivity contribution in [3.63, 3.8) is 0 Å². The van der Waals surface area contributed by atoms with E-state index in [9.17, 15) is 0 Å². The molecule has 0 bridgehead atoms. The average molecular weight is 377 g/mol. The summed E-state index contributed by atoms with van der Waals surface area (Å²) in [7, 11) is 2.03. The van der Waals surface area contributed by atoms with E-state index in [1.807, 2.05) is 31.3 Å². The van der Waals surface area contributed by atoms with E-state index in [4.69, 9.17) is 19.4 Å². The summed E-state index contributed by atoms with van der Waals surface area (Å²) >= 11 is 0. The number of benzene rings is 2. The first-order valence-electron chi connectivity index (χ1n) is 9.88. The van der Waals surface area contributed by atoms with Crippen LogP contribution in [0.5, 0.6) is 11.5 Å². The predicted octanol–water partition coefficient (Wildman–Crippen LogP) is 5.34. The Morgan fingerprint density at radius 3 is 2.04 bits per heavy atom. The highest BCUT2D eigenvalue weighted by Crippen LogP contribution is 2.34. The van der Waals surface area contributed by atoms with Crippen molar-refractivity contribution in [3.05, 3.63) is 36.4 Å². The molecule has 0 spiro atoms. The lowest BCUT2D eigenvalue weighted by Gasteiger charge is -2.16. The van der Waals surface area contributed by atoms with Crippen LogP contribution in [-0.4, -0.2) is 27.7 Å². The van der Waals surface area contributed by atoms with E-state index in [1.165, 1.54) is 0 Å². The molecule has 0 aliphatic rings. The van der Waals surface area contributed by atoms with Crippen LogP contribution in [0.2, 0.25) is 0 Å². The maximum absolute atomic E-state index is 6.05. The number of hydrogen-bond acceptors (Lipinski definition) is 4. The number of ether oxygens (including phenoxy) is 2. The fourth-order valence-corrected chi connectivity index (χ4v) is 3.29. The van der Waals surface area contributed by atoms with Gasteiger partial charge in [-0.1, -0.05) is 45.9 Å². The molecule has 5 nitrogen and oxygen atoms in total. The van der Waals surface area contributed by atoms with Gasteiger partial charge in [-0.25, -0.2) is 9.97 Å². The highest BCUT2D eigenvalue weighted by molar-refractivity contribution is 6.06. The topological polar surface area (TPSA) is 49.2 Å². The normalized spacial score (nSPS) is 12.0. The monoisotopic (exact) mass is 377 g/mol. The predicted molar refractivity (Wildman–Crippen MR) is 114 cm³/mol. The second kappa shape index (κ2) is 7.30. The maximum atomic E-state index is 6.05. The summed E-state index contributed by atoms with van der Waals surface area (Å²) in [6.07, 6.45) is 0. The van der Waals surface area contributed by atoms with Gasteiger partial charge in [0.25, 0.3) is 0 Å². The van der Waals surface area contributed by atoms with Crippen LogP contribution in [0.1, 0.15) is 27.7 Å². The lowest BCUT2D eigenvalue weighted by atomic mass is 10.2. The van der Waals surface area contributed by atoms with Crippen molar-refractivity contribution in [2.24, 2.45) is 18.9 Å². The smallest absolute Gasteiger partial charge is 0.163 e. The zero-order valence-corrected chi connectivity index (χ0v) is 17.2. The lowest BCUT2D eigenvalue weighted by Crippen LogP contribution is -2.09. The standard InChI is InChI=1S/C23H27N3O2/c1-14(2)12-27-20-10-17-18(11-21(20)28-13-15(3)4)25-23-22(24-17)16-8-6-7-9-19(16)26(23)5/h6-11,14-15H,12-13H2,1-5H3. The maximum Gasteiger partial charge on any atom is 0.163 e. The van der Waals surface area contributed by atoms with Crippen molar-refractivity contribution < 1.29 is 9.47 Å². The van der Waals surface area contributed by atoms with E-state index in [0.717, 1.165) is 44.6 Å². The Bertz CT molecular complexity index is 1150. The lowest BCUT2D eigenvalue weighted by molar-refractivity contribution is 0.230. The first kappa shape index (κ1) is 18.5. The number of para-hydroxylation sites is 1. The zero-order chi connectivity index (χ0) is 19.8. The van der Waals surface area contributed by atoms with Gasteiger partial charge in [0.15, 0.2) is 17.1 Å². The van der Waals surface area contributed by atoms with Crippen molar-refractivity contribution in [2.75, 3.05) is 13.2 Å². The third-order valence-corrected chi connectivity index (χ3v) is 4.69. The minimum absolute atomic E-state index is 0.431. The van der Waals surface area contributed by atoms with Crippen molar-refractivity contribution in [2.45, 2.75) is 27.7 Å². The van der Waals surface area contributed by atoms with Gasteiger partial charge in [0, 0.05) is 24.6 Å². The van der Waals surface area contributed by atoms with Crippen molar-refractivity contribution >= 4 is 33.1 Å². The molecule has 0 N–H and O–H groups in total. The Kier molecular flexibility index (Phi) is 4.84. The molecule has 0 atom stereocenters. The summed E-state index contributed by atoms with van der Waals surface area (Å²) in [4.78, 5) is 9.84. The van der Waals surface area contributed by atoms with Gasteiger partial charge in [0.1, 0.15) is 5.52 Å². The van der Waals surface area contributed by atoms with Crippen LogP contribution in [0.3, 0.4) is 0 Å². The van der Waals surface area contributed by atoms with Crippen LogP contribution < -0.4 is 9.47 Å². The highest BCUT2D eigenvalue weighted by Gasteiger charge is 2.16. The van der Waals surface area contributed by atoms with Gasteiger partial charge in [-0.05, 0) is 17.9 Å². The van der Waals surface area contributed by atoms with Gasteiger partial charge in [0.05, 0.1) is 29.8 Å². The number of hydrogen-bond donors (Lipinski definition) is 0. The molecule has 0 aliphatic heterocycles. The van der Waals surface area contributed by atoms with Gasteiger partial charge >= 0.3 is 0 Å². The average Bonchev–Trinajstić information content (AvgIpc) is 2.94. The van der Waals surface area contributed by atoms with E-state index in [1.54, 1.807) is 0 Å². The Morgan fingerprint density at radius 2 is 1.43 bits per heavy atom. The van der Waals surface area contributed by atoms with Crippen LogP contribution in [-0.2, 0) is 7.05 Å². The summed E-state index contributed by atoms with van der Waals surface area (Å²) in [5, 5.41) is 1.11. The van der Waals surface area contributed by atoms with Crippen LogP contribution >= 0.6 is 0 Å². The highest BCUT2D eigenvalue weighted by atomic mass is 16.5. The Morgan fingerprint density at radius 1 is 0.857 bits per heavy atom. The molecule has 0 aliphatic carbocycles. The van der Waals surface area contributed by atoms with Crippen molar-refractivity contribution in [1.29, 1.82) is 0 Å². The van der Waals surface area contributed by atoms with Crippen LogP contribution in [0, 0.1) is 11.8 Å². The molecule has 0 fully saturated rings. The fraction of sp³-hybridized carbons (Fsp3) is 0.391. The number of fused-ring (bicyclic) bond motifs is 4. The summed E-state index contributed by atoms with van der Waals surface area (Å²) in [6, 6.07) is 12.2. The SMILES string of the molecule is CC(C)COc1cc2nc3c4ccccc4n(C)c3nc2cc1OCC(C)C. The summed E-state index contributed by atoms with van der Waals surface area (Å²) in [5.74, 6) is 2.32. The molecule has 2 heterocycles. The van der Waals surface area contributed by atoms with E-state index in [2.05, 4.69) is 44.4 Å². The van der Waals surface area contributed by atoms with Crippen LogP contribution in [0.4, 0.5) is 0 Å². The van der Waals surface area contributed by atoms with Gasteiger partial charge in [0.2, 0.25) is 0 Å². The van der Waals surface area contributed by atoms with Gasteiger partial charge in [-0.15, -0.1) is 0 Å². The second-order valence-electron chi connectivity index (χ2n) is 8.17. The molecular formula is C23H27N3O2. The molecule has 0 radical (unpaired) electrons. The van der Waals surface area contributed by atoms with Crippen molar-refractivity contribution in [1.82, 2.24) is 14.5 Å².